The van der Waals surface area contributed by atoms with Gasteiger partial charge in [-0.3, -0.25) is 9.48 Å². The van der Waals surface area contributed by atoms with Crippen molar-refractivity contribution in [3.05, 3.63) is 47.8 Å². The summed E-state index contributed by atoms with van der Waals surface area (Å²) in [5.74, 6) is 0.958. The van der Waals surface area contributed by atoms with Crippen LogP contribution in [-0.2, 0) is 4.79 Å². The van der Waals surface area contributed by atoms with Crippen LogP contribution >= 0.6 is 0 Å². The highest BCUT2D eigenvalue weighted by Gasteiger charge is 2.35. The molecule has 0 radical (unpaired) electrons. The number of aryl methyl sites for hydroxylation is 2. The van der Waals surface area contributed by atoms with Gasteiger partial charge in [-0.25, -0.2) is 0 Å². The van der Waals surface area contributed by atoms with Gasteiger partial charge in [-0.1, -0.05) is 12.1 Å². The second kappa shape index (κ2) is 5.83. The fraction of sp³-hybridized carbons (Fsp3) is 0.412. The van der Waals surface area contributed by atoms with E-state index in [2.05, 4.69) is 5.10 Å². The van der Waals surface area contributed by atoms with E-state index in [0.717, 1.165) is 11.3 Å². The third-order valence-electron chi connectivity index (χ3n) is 3.94. The topological polar surface area (TPSA) is 47.4 Å². The lowest BCUT2D eigenvalue weighted by molar-refractivity contribution is -0.143. The first-order valence-electron chi connectivity index (χ1n) is 7.56. The highest BCUT2D eigenvalue weighted by molar-refractivity contribution is 5.80. The minimum absolute atomic E-state index is 0.0808. The van der Waals surface area contributed by atoms with Crippen molar-refractivity contribution in [3.63, 3.8) is 0 Å². The maximum Gasteiger partial charge on any atom is 0.247 e. The fourth-order valence-corrected chi connectivity index (χ4v) is 2.60. The molecule has 1 aliphatic heterocycles. The van der Waals surface area contributed by atoms with Crippen LogP contribution in [0.3, 0.4) is 0 Å². The summed E-state index contributed by atoms with van der Waals surface area (Å²) < 4.78 is 7.60. The van der Waals surface area contributed by atoms with Gasteiger partial charge in [-0.15, -0.1) is 0 Å². The average molecular weight is 299 g/mol. The molecule has 2 aromatic rings. The van der Waals surface area contributed by atoms with E-state index in [-0.39, 0.29) is 18.1 Å². The molecular formula is C17H21N3O2. The summed E-state index contributed by atoms with van der Waals surface area (Å²) in [6.45, 7) is 7.16. The summed E-state index contributed by atoms with van der Waals surface area (Å²) in [6, 6.07) is 7.71. The molecule has 1 aromatic heterocycles. The molecule has 5 nitrogen and oxygen atoms in total. The Morgan fingerprint density at radius 3 is 2.73 bits per heavy atom. The number of benzene rings is 1. The van der Waals surface area contributed by atoms with Crippen molar-refractivity contribution < 1.29 is 9.53 Å². The van der Waals surface area contributed by atoms with Crippen molar-refractivity contribution in [2.75, 3.05) is 13.1 Å². The predicted molar refractivity (Wildman–Crippen MR) is 83.9 cm³/mol. The van der Waals surface area contributed by atoms with Gasteiger partial charge in [-0.2, -0.15) is 5.10 Å². The fourth-order valence-electron chi connectivity index (χ4n) is 2.60. The van der Waals surface area contributed by atoms with E-state index in [1.165, 1.54) is 5.56 Å². The molecule has 3 rings (SSSR count). The van der Waals surface area contributed by atoms with Crippen molar-refractivity contribution >= 4 is 5.91 Å². The first kappa shape index (κ1) is 14.6. The first-order valence-corrected chi connectivity index (χ1v) is 7.56. The third kappa shape index (κ3) is 2.98. The van der Waals surface area contributed by atoms with Crippen LogP contribution in [0.25, 0.3) is 0 Å². The van der Waals surface area contributed by atoms with Gasteiger partial charge in [0.05, 0.1) is 19.3 Å². The molecule has 0 unspecified atom stereocenters. The number of carbonyl (C=O) groups excluding carboxylic acids is 1. The number of likely N-dealkylation sites (tertiary alicyclic amines) is 1. The molecule has 1 atom stereocenters. The Balaban J connectivity index is 1.53. The monoisotopic (exact) mass is 299 g/mol. The van der Waals surface area contributed by atoms with Gasteiger partial charge in [0, 0.05) is 6.20 Å². The molecule has 1 aliphatic rings. The smallest absolute Gasteiger partial charge is 0.247 e. The lowest BCUT2D eigenvalue weighted by Gasteiger charge is -2.40. The Morgan fingerprint density at radius 2 is 2.09 bits per heavy atom. The Hall–Kier alpha value is -2.30. The number of rotatable bonds is 4. The van der Waals surface area contributed by atoms with Gasteiger partial charge in [0.25, 0.3) is 0 Å². The number of ether oxygens (including phenoxy) is 1. The van der Waals surface area contributed by atoms with Crippen LogP contribution in [0.4, 0.5) is 0 Å². The van der Waals surface area contributed by atoms with Gasteiger partial charge >= 0.3 is 0 Å². The Labute approximate surface area is 130 Å². The van der Waals surface area contributed by atoms with Crippen LogP contribution in [0.2, 0.25) is 0 Å². The Morgan fingerprint density at radius 1 is 1.32 bits per heavy atom. The van der Waals surface area contributed by atoms with Crippen molar-refractivity contribution in [2.24, 2.45) is 0 Å². The molecule has 0 aliphatic carbocycles. The van der Waals surface area contributed by atoms with Crippen molar-refractivity contribution in [1.29, 1.82) is 0 Å². The molecule has 0 saturated carbocycles. The third-order valence-corrected chi connectivity index (χ3v) is 3.94. The zero-order valence-corrected chi connectivity index (χ0v) is 13.2. The van der Waals surface area contributed by atoms with Gasteiger partial charge in [0.2, 0.25) is 5.91 Å². The van der Waals surface area contributed by atoms with E-state index in [1.54, 1.807) is 10.9 Å². The minimum Gasteiger partial charge on any atom is -0.487 e. The summed E-state index contributed by atoms with van der Waals surface area (Å²) in [4.78, 5) is 14.2. The normalized spacial score (nSPS) is 16.2. The second-order valence-corrected chi connectivity index (χ2v) is 5.97. The Kier molecular flexibility index (Phi) is 3.88. The molecule has 0 spiro atoms. The molecule has 5 heteroatoms. The standard InChI is InChI=1S/C17H21N3O2/c1-12-5-4-6-15(7-12)22-16-10-19(11-16)17(21)14(3)20-9-13(2)8-18-20/h4-9,14,16H,10-11H2,1-3H3/t14-/m0/s1. The number of carbonyl (C=O) groups is 1. The van der Waals surface area contributed by atoms with Crippen LogP contribution in [0, 0.1) is 13.8 Å². The summed E-state index contributed by atoms with van der Waals surface area (Å²) in [5, 5.41) is 4.21. The number of nitrogens with zero attached hydrogens (tertiary/aromatic N) is 3. The zero-order valence-electron chi connectivity index (χ0n) is 13.2. The number of aromatic nitrogens is 2. The summed E-state index contributed by atoms with van der Waals surface area (Å²) in [7, 11) is 0. The van der Waals surface area contributed by atoms with Crippen molar-refractivity contribution in [1.82, 2.24) is 14.7 Å². The molecule has 1 aromatic carbocycles. The van der Waals surface area contributed by atoms with E-state index in [1.807, 2.05) is 56.1 Å². The molecule has 116 valence electrons. The van der Waals surface area contributed by atoms with Gasteiger partial charge < -0.3 is 9.64 Å². The maximum absolute atomic E-state index is 12.4. The molecule has 0 N–H and O–H groups in total. The van der Waals surface area contributed by atoms with E-state index in [4.69, 9.17) is 4.74 Å². The lowest BCUT2D eigenvalue weighted by atomic mass is 10.1. The molecule has 2 heterocycles. The SMILES string of the molecule is Cc1cccc(OC2CN(C(=O)[C@H](C)n3cc(C)cn3)C2)c1. The summed E-state index contributed by atoms with van der Waals surface area (Å²) in [6.07, 6.45) is 3.74. The van der Waals surface area contributed by atoms with Crippen LogP contribution in [0.15, 0.2) is 36.7 Å². The predicted octanol–water partition coefficient (Wildman–Crippen LogP) is 2.35. The van der Waals surface area contributed by atoms with Crippen LogP contribution in [0.5, 0.6) is 5.75 Å². The molecule has 1 saturated heterocycles. The van der Waals surface area contributed by atoms with E-state index in [9.17, 15) is 4.79 Å². The first-order chi connectivity index (χ1) is 10.5. The van der Waals surface area contributed by atoms with Crippen molar-refractivity contribution in [3.8, 4) is 5.75 Å². The number of hydrogen-bond acceptors (Lipinski definition) is 3. The minimum atomic E-state index is -0.270. The lowest BCUT2D eigenvalue weighted by Crippen LogP contribution is -2.57. The Bertz CT molecular complexity index is 674. The van der Waals surface area contributed by atoms with E-state index in [0.29, 0.717) is 13.1 Å². The molecule has 0 bridgehead atoms. The van der Waals surface area contributed by atoms with Gasteiger partial charge in [-0.05, 0) is 44.0 Å². The zero-order chi connectivity index (χ0) is 15.7. The largest absolute Gasteiger partial charge is 0.487 e. The number of hydrogen-bond donors (Lipinski definition) is 0. The highest BCUT2D eigenvalue weighted by atomic mass is 16.5. The quantitative estimate of drug-likeness (QED) is 0.870. The summed E-state index contributed by atoms with van der Waals surface area (Å²) >= 11 is 0. The summed E-state index contributed by atoms with van der Waals surface area (Å²) in [5.41, 5.74) is 2.23. The molecular weight excluding hydrogens is 278 g/mol. The molecule has 1 amide bonds. The van der Waals surface area contributed by atoms with Crippen LogP contribution in [0.1, 0.15) is 24.1 Å². The second-order valence-electron chi connectivity index (χ2n) is 5.97. The van der Waals surface area contributed by atoms with Crippen LogP contribution < -0.4 is 4.74 Å². The van der Waals surface area contributed by atoms with E-state index < -0.39 is 0 Å². The molecule has 1 fully saturated rings. The van der Waals surface area contributed by atoms with Crippen molar-refractivity contribution in [2.45, 2.75) is 32.9 Å². The van der Waals surface area contributed by atoms with Crippen LogP contribution in [-0.4, -0.2) is 39.8 Å². The maximum atomic E-state index is 12.4. The van der Waals surface area contributed by atoms with Gasteiger partial charge in [0.15, 0.2) is 0 Å². The van der Waals surface area contributed by atoms with E-state index >= 15 is 0 Å². The van der Waals surface area contributed by atoms with Gasteiger partial charge in [0.1, 0.15) is 17.9 Å². The number of amides is 1. The molecule has 22 heavy (non-hydrogen) atoms. The average Bonchev–Trinajstić information content (AvgIpc) is 2.87. The highest BCUT2D eigenvalue weighted by Crippen LogP contribution is 2.21.